The predicted molar refractivity (Wildman–Crippen MR) is 57.2 cm³/mol. The minimum absolute atomic E-state index is 0.419. The van der Waals surface area contributed by atoms with Crippen LogP contribution in [0.3, 0.4) is 0 Å². The fourth-order valence-corrected chi connectivity index (χ4v) is 1.05. The molecule has 0 N–H and O–H groups in total. The molecule has 0 aliphatic carbocycles. The van der Waals surface area contributed by atoms with Crippen LogP contribution in [-0.2, 0) is 19.0 Å². The second kappa shape index (κ2) is 7.43. The molecule has 1 atom stereocenters. The molecular weight excluding hydrogens is 196 g/mol. The van der Waals surface area contributed by atoms with E-state index in [1.807, 2.05) is 20.8 Å². The van der Waals surface area contributed by atoms with E-state index in [0.717, 1.165) is 12.5 Å². The first-order valence-electron chi connectivity index (χ1n) is 5.27. The normalized spacial score (nSPS) is 14.3. The van der Waals surface area contributed by atoms with E-state index in [4.69, 9.17) is 14.2 Å². The van der Waals surface area contributed by atoms with Crippen molar-refractivity contribution < 1.29 is 19.0 Å². The van der Waals surface area contributed by atoms with E-state index in [1.165, 1.54) is 0 Å². The maximum Gasteiger partial charge on any atom is 0.334 e. The summed E-state index contributed by atoms with van der Waals surface area (Å²) in [5.41, 5.74) is 0. The zero-order valence-electron chi connectivity index (χ0n) is 9.75. The third kappa shape index (κ3) is 4.95. The number of ether oxygens (including phenoxy) is 3. The van der Waals surface area contributed by atoms with E-state index >= 15 is 0 Å². The number of hydrogen-bond donors (Lipinski definition) is 0. The van der Waals surface area contributed by atoms with E-state index in [2.05, 4.69) is 6.58 Å². The van der Waals surface area contributed by atoms with Crippen LogP contribution >= 0.6 is 0 Å². The van der Waals surface area contributed by atoms with Crippen molar-refractivity contribution >= 4 is 5.97 Å². The van der Waals surface area contributed by atoms with Gasteiger partial charge in [-0.25, -0.2) is 4.79 Å². The van der Waals surface area contributed by atoms with Crippen LogP contribution in [0.1, 0.15) is 33.6 Å². The maximum atomic E-state index is 11.1. The minimum Gasteiger partial charge on any atom is -0.405 e. The van der Waals surface area contributed by atoms with Crippen molar-refractivity contribution in [2.45, 2.75) is 39.6 Å². The third-order valence-electron chi connectivity index (χ3n) is 1.75. The van der Waals surface area contributed by atoms with Gasteiger partial charge in [-0.2, -0.15) is 0 Å². The summed E-state index contributed by atoms with van der Waals surface area (Å²) in [7, 11) is 0. The van der Waals surface area contributed by atoms with Gasteiger partial charge >= 0.3 is 11.9 Å². The van der Waals surface area contributed by atoms with Crippen LogP contribution in [0.5, 0.6) is 0 Å². The fraction of sp³-hybridized carbons (Fsp3) is 0.727. The summed E-state index contributed by atoms with van der Waals surface area (Å²) in [5.74, 6) is -1.79. The Morgan fingerprint density at radius 1 is 1.33 bits per heavy atom. The summed E-state index contributed by atoms with van der Waals surface area (Å²) in [4.78, 5) is 11.1. The fourth-order valence-electron chi connectivity index (χ4n) is 1.05. The molecule has 0 bridgehead atoms. The van der Waals surface area contributed by atoms with E-state index < -0.39 is 11.9 Å². The van der Waals surface area contributed by atoms with Crippen LogP contribution in [0.15, 0.2) is 12.7 Å². The van der Waals surface area contributed by atoms with Crippen LogP contribution in [0.4, 0.5) is 0 Å². The van der Waals surface area contributed by atoms with Crippen molar-refractivity contribution in [3.05, 3.63) is 12.7 Å². The topological polar surface area (TPSA) is 44.8 Å². The molecule has 0 saturated heterocycles. The molecule has 0 rings (SSSR count). The van der Waals surface area contributed by atoms with Crippen molar-refractivity contribution in [2.24, 2.45) is 0 Å². The Balaban J connectivity index is 4.47. The molecule has 0 heterocycles. The lowest BCUT2D eigenvalue weighted by atomic mass is 10.4. The van der Waals surface area contributed by atoms with Crippen molar-refractivity contribution in [3.8, 4) is 0 Å². The smallest absolute Gasteiger partial charge is 0.334 e. The van der Waals surface area contributed by atoms with Crippen molar-refractivity contribution in [2.75, 3.05) is 13.2 Å². The largest absolute Gasteiger partial charge is 0.405 e. The molecule has 0 aliphatic rings. The lowest BCUT2D eigenvalue weighted by molar-refractivity contribution is -0.361. The van der Waals surface area contributed by atoms with Gasteiger partial charge in [0.15, 0.2) is 0 Å². The monoisotopic (exact) mass is 216 g/mol. The summed E-state index contributed by atoms with van der Waals surface area (Å²) in [5, 5.41) is 0. The average molecular weight is 216 g/mol. The highest BCUT2D eigenvalue weighted by Crippen LogP contribution is 2.20. The van der Waals surface area contributed by atoms with Gasteiger partial charge in [0.05, 0.1) is 13.2 Å². The van der Waals surface area contributed by atoms with Crippen molar-refractivity contribution in [1.82, 2.24) is 0 Å². The quantitative estimate of drug-likeness (QED) is 0.354. The van der Waals surface area contributed by atoms with Gasteiger partial charge in [0.25, 0.3) is 0 Å². The highest BCUT2D eigenvalue weighted by molar-refractivity contribution is 5.81. The maximum absolute atomic E-state index is 11.1. The van der Waals surface area contributed by atoms with E-state index in [0.29, 0.717) is 19.6 Å². The summed E-state index contributed by atoms with van der Waals surface area (Å²) >= 11 is 0. The number of hydrogen-bond acceptors (Lipinski definition) is 4. The van der Waals surface area contributed by atoms with Crippen LogP contribution < -0.4 is 0 Å². The van der Waals surface area contributed by atoms with Crippen LogP contribution in [0.25, 0.3) is 0 Å². The molecule has 0 spiro atoms. The summed E-state index contributed by atoms with van der Waals surface area (Å²) in [6.45, 7) is 9.87. The van der Waals surface area contributed by atoms with Gasteiger partial charge in [-0.05, 0) is 13.3 Å². The molecule has 4 nitrogen and oxygen atoms in total. The van der Waals surface area contributed by atoms with Gasteiger partial charge < -0.3 is 14.2 Å². The Morgan fingerprint density at radius 3 is 2.40 bits per heavy atom. The molecule has 15 heavy (non-hydrogen) atoms. The van der Waals surface area contributed by atoms with Crippen molar-refractivity contribution in [1.29, 1.82) is 0 Å². The van der Waals surface area contributed by atoms with Crippen LogP contribution in [0.2, 0.25) is 0 Å². The first-order chi connectivity index (χ1) is 7.14. The van der Waals surface area contributed by atoms with E-state index in [-0.39, 0.29) is 0 Å². The zero-order chi connectivity index (χ0) is 11.7. The third-order valence-corrected chi connectivity index (χ3v) is 1.75. The highest BCUT2D eigenvalue weighted by atomic mass is 16.9. The molecule has 88 valence electrons. The van der Waals surface area contributed by atoms with Crippen molar-refractivity contribution in [3.63, 3.8) is 0 Å². The van der Waals surface area contributed by atoms with Gasteiger partial charge in [0.2, 0.25) is 0 Å². The summed E-state index contributed by atoms with van der Waals surface area (Å²) in [6.07, 6.45) is 2.37. The second-order valence-corrected chi connectivity index (χ2v) is 2.94. The average Bonchev–Trinajstić information content (AvgIpc) is 2.26. The molecule has 0 radical (unpaired) electrons. The summed E-state index contributed by atoms with van der Waals surface area (Å²) < 4.78 is 15.8. The van der Waals surface area contributed by atoms with E-state index in [1.54, 1.807) is 0 Å². The first kappa shape index (κ1) is 14.1. The van der Waals surface area contributed by atoms with Gasteiger partial charge in [0, 0.05) is 12.5 Å². The Kier molecular flexibility index (Phi) is 6.99. The van der Waals surface area contributed by atoms with Crippen LogP contribution in [0, 0.1) is 0 Å². The number of rotatable bonds is 8. The molecule has 0 aliphatic heterocycles. The number of carbonyl (C=O) groups excluding carboxylic acids is 1. The Hall–Kier alpha value is -0.870. The minimum atomic E-state index is -1.25. The first-order valence-corrected chi connectivity index (χ1v) is 5.27. The SMILES string of the molecule is C=CC(=O)OC(CC)(OCC)OCCC. The Bertz CT molecular complexity index is 203. The standard InChI is InChI=1S/C11H20O4/c1-5-9-14-11(7-3,13-8-4)15-10(12)6-2/h6H,2,5,7-9H2,1,3-4H3. The molecule has 0 amide bonds. The second-order valence-electron chi connectivity index (χ2n) is 2.94. The molecule has 4 heteroatoms. The van der Waals surface area contributed by atoms with E-state index in [9.17, 15) is 4.79 Å². The summed E-state index contributed by atoms with van der Waals surface area (Å²) in [6, 6.07) is 0. The predicted octanol–water partition coefficient (Wildman–Crippen LogP) is 2.24. The van der Waals surface area contributed by atoms with Gasteiger partial charge in [-0.1, -0.05) is 20.4 Å². The lowest BCUT2D eigenvalue weighted by Gasteiger charge is -2.30. The molecule has 0 aromatic rings. The molecule has 1 unspecified atom stereocenters. The molecule has 0 aromatic heterocycles. The van der Waals surface area contributed by atoms with Gasteiger partial charge in [-0.3, -0.25) is 0 Å². The molecule has 0 fully saturated rings. The Labute approximate surface area is 91.2 Å². The van der Waals surface area contributed by atoms with Gasteiger partial charge in [-0.15, -0.1) is 0 Å². The zero-order valence-corrected chi connectivity index (χ0v) is 9.75. The molecule has 0 saturated carbocycles. The lowest BCUT2D eigenvalue weighted by Crippen LogP contribution is -2.40. The number of carbonyl (C=O) groups is 1. The Morgan fingerprint density at radius 2 is 2.00 bits per heavy atom. The molecular formula is C11H20O4. The number of esters is 1. The van der Waals surface area contributed by atoms with Gasteiger partial charge in [0.1, 0.15) is 0 Å². The molecule has 0 aromatic carbocycles. The van der Waals surface area contributed by atoms with Crippen LogP contribution in [-0.4, -0.2) is 25.2 Å². The highest BCUT2D eigenvalue weighted by Gasteiger charge is 2.33.